The second kappa shape index (κ2) is 11.8. The van der Waals surface area contributed by atoms with Gasteiger partial charge in [-0.25, -0.2) is 0 Å². The van der Waals surface area contributed by atoms with Crippen LogP contribution in [0.15, 0.2) is 188 Å². The first-order chi connectivity index (χ1) is 25.2. The molecule has 0 spiro atoms. The maximum Gasteiger partial charge on any atom is 0.0625 e. The van der Waals surface area contributed by atoms with Crippen LogP contribution < -0.4 is 4.90 Å². The van der Waals surface area contributed by atoms with Gasteiger partial charge in [0, 0.05) is 40.3 Å². The van der Waals surface area contributed by atoms with Crippen LogP contribution in [0.3, 0.4) is 0 Å². The molecule has 0 N–H and O–H groups in total. The van der Waals surface area contributed by atoms with E-state index in [9.17, 15) is 0 Å². The molecule has 51 heavy (non-hydrogen) atoms. The smallest absolute Gasteiger partial charge is 0.0625 e. The van der Waals surface area contributed by atoms with Crippen LogP contribution in [-0.2, 0) is 0 Å². The number of hydrogen-bond acceptors (Lipinski definition) is 1. The van der Waals surface area contributed by atoms with Crippen molar-refractivity contribution in [3.8, 4) is 27.9 Å². The number of rotatable bonds is 5. The largest absolute Gasteiger partial charge is 0.345 e. The average molecular weight is 651 g/mol. The Morgan fingerprint density at radius 1 is 0.373 bits per heavy atom. The number of para-hydroxylation sites is 1. The second-order valence-electron chi connectivity index (χ2n) is 13.4. The Bertz CT molecular complexity index is 2900. The summed E-state index contributed by atoms with van der Waals surface area (Å²) in [5.74, 6) is 0. The molecule has 0 atom stereocenters. The summed E-state index contributed by atoms with van der Waals surface area (Å²) in [7, 11) is 2.11. The first-order valence-electron chi connectivity index (χ1n) is 17.6. The van der Waals surface area contributed by atoms with Crippen LogP contribution in [0, 0.1) is 0 Å². The van der Waals surface area contributed by atoms with Crippen LogP contribution in [0.25, 0.3) is 82.1 Å². The molecule has 0 amide bonds. The Balaban J connectivity index is 1.12. The van der Waals surface area contributed by atoms with Gasteiger partial charge in [-0.05, 0) is 97.7 Å². The number of fused-ring (bicyclic) bond motifs is 9. The minimum absolute atomic E-state index is 1.16. The van der Waals surface area contributed by atoms with Gasteiger partial charge in [-0.15, -0.1) is 0 Å². The molecule has 0 bridgehead atoms. The quantitative estimate of drug-likeness (QED) is 0.168. The monoisotopic (exact) mass is 650 g/mol. The Hall–Kier alpha value is -6.64. The van der Waals surface area contributed by atoms with E-state index < -0.39 is 0 Å². The lowest BCUT2D eigenvalue weighted by molar-refractivity contribution is 1.19. The number of anilines is 2. The zero-order chi connectivity index (χ0) is 33.9. The molecule has 10 rings (SSSR count). The molecular formula is C49H34N2. The molecule has 2 heteroatoms. The maximum absolute atomic E-state index is 2.48. The van der Waals surface area contributed by atoms with Gasteiger partial charge in [0.25, 0.3) is 0 Å². The van der Waals surface area contributed by atoms with Crippen molar-refractivity contribution in [3.63, 3.8) is 0 Å². The van der Waals surface area contributed by atoms with Crippen molar-refractivity contribution in [2.45, 2.75) is 0 Å². The minimum atomic E-state index is 1.16. The highest BCUT2D eigenvalue weighted by atomic mass is 15.1. The van der Waals surface area contributed by atoms with Crippen molar-refractivity contribution in [3.05, 3.63) is 188 Å². The molecule has 0 fully saturated rings. The summed E-state index contributed by atoms with van der Waals surface area (Å²) < 4.78 is 2.48. The first-order valence-corrected chi connectivity index (χ1v) is 17.6. The molecule has 10 aromatic rings. The Morgan fingerprint density at radius 3 is 1.63 bits per heavy atom. The third kappa shape index (κ3) is 4.80. The SMILES string of the molecule is CN(c1ccccc1)c1ccc(-c2ccc(-c3ccc4c(c3)c3c5ccccc5c5ccccc5c3n4-c3ccc4ccccc4c3)cc2)cc1. The van der Waals surface area contributed by atoms with E-state index in [0.717, 1.165) is 5.69 Å². The van der Waals surface area contributed by atoms with Crippen LogP contribution in [-0.4, -0.2) is 11.6 Å². The molecule has 240 valence electrons. The number of nitrogens with zero attached hydrogens (tertiary/aromatic N) is 2. The van der Waals surface area contributed by atoms with E-state index in [-0.39, 0.29) is 0 Å². The van der Waals surface area contributed by atoms with Crippen molar-refractivity contribution in [1.82, 2.24) is 4.57 Å². The fraction of sp³-hybridized carbons (Fsp3) is 0.0204. The van der Waals surface area contributed by atoms with Crippen LogP contribution in [0.1, 0.15) is 0 Å². The van der Waals surface area contributed by atoms with Crippen molar-refractivity contribution < 1.29 is 0 Å². The van der Waals surface area contributed by atoms with Gasteiger partial charge < -0.3 is 9.47 Å². The van der Waals surface area contributed by atoms with Crippen molar-refractivity contribution >= 4 is 65.5 Å². The molecular weight excluding hydrogens is 617 g/mol. The van der Waals surface area contributed by atoms with Crippen molar-refractivity contribution in [2.24, 2.45) is 0 Å². The van der Waals surface area contributed by atoms with Crippen LogP contribution in [0.5, 0.6) is 0 Å². The summed E-state index contributed by atoms with van der Waals surface area (Å²) in [5.41, 5.74) is 10.8. The third-order valence-electron chi connectivity index (χ3n) is 10.6. The Morgan fingerprint density at radius 2 is 0.902 bits per heavy atom. The molecule has 2 nitrogen and oxygen atoms in total. The van der Waals surface area contributed by atoms with E-state index in [0.29, 0.717) is 0 Å². The van der Waals surface area contributed by atoms with Crippen LogP contribution in [0.4, 0.5) is 11.4 Å². The predicted octanol–water partition coefficient (Wildman–Crippen LogP) is 13.3. The molecule has 0 aliphatic carbocycles. The van der Waals surface area contributed by atoms with Gasteiger partial charge >= 0.3 is 0 Å². The van der Waals surface area contributed by atoms with Gasteiger partial charge in [-0.3, -0.25) is 0 Å². The van der Waals surface area contributed by atoms with Crippen LogP contribution >= 0.6 is 0 Å². The van der Waals surface area contributed by atoms with Gasteiger partial charge in [0.2, 0.25) is 0 Å². The van der Waals surface area contributed by atoms with Gasteiger partial charge in [0.05, 0.1) is 11.0 Å². The molecule has 0 aliphatic rings. The summed E-state index contributed by atoms with van der Waals surface area (Å²) in [6, 6.07) is 68.6. The topological polar surface area (TPSA) is 8.17 Å². The molecule has 1 heterocycles. The van der Waals surface area contributed by atoms with Gasteiger partial charge in [-0.1, -0.05) is 140 Å². The summed E-state index contributed by atoms with van der Waals surface area (Å²) >= 11 is 0. The molecule has 1 aromatic heterocycles. The van der Waals surface area contributed by atoms with Gasteiger partial charge in [0.1, 0.15) is 0 Å². The second-order valence-corrected chi connectivity index (χ2v) is 13.4. The first kappa shape index (κ1) is 29.3. The van der Waals surface area contributed by atoms with E-state index >= 15 is 0 Å². The molecule has 0 saturated heterocycles. The Labute approximate surface area is 297 Å². The Kier molecular flexibility index (Phi) is 6.75. The van der Waals surface area contributed by atoms with E-state index in [1.807, 2.05) is 0 Å². The zero-order valence-corrected chi connectivity index (χ0v) is 28.3. The molecule has 0 radical (unpaired) electrons. The fourth-order valence-electron chi connectivity index (χ4n) is 7.98. The average Bonchev–Trinajstić information content (AvgIpc) is 3.56. The molecule has 0 saturated carbocycles. The molecule has 0 aliphatic heterocycles. The highest BCUT2D eigenvalue weighted by molar-refractivity contribution is 6.32. The van der Waals surface area contributed by atoms with Gasteiger partial charge in [0.15, 0.2) is 0 Å². The van der Waals surface area contributed by atoms with E-state index in [4.69, 9.17) is 0 Å². The van der Waals surface area contributed by atoms with Crippen molar-refractivity contribution in [1.29, 1.82) is 0 Å². The lowest BCUT2D eigenvalue weighted by Gasteiger charge is -2.19. The zero-order valence-electron chi connectivity index (χ0n) is 28.3. The number of aromatic nitrogens is 1. The third-order valence-corrected chi connectivity index (χ3v) is 10.6. The molecule has 9 aromatic carbocycles. The summed E-state index contributed by atoms with van der Waals surface area (Å²) in [5, 5.41) is 10.2. The van der Waals surface area contributed by atoms with E-state index in [2.05, 4.69) is 205 Å². The fourth-order valence-corrected chi connectivity index (χ4v) is 7.98. The lowest BCUT2D eigenvalue weighted by Crippen LogP contribution is -2.08. The summed E-state index contributed by atoms with van der Waals surface area (Å²) in [4.78, 5) is 2.21. The molecule has 0 unspecified atom stereocenters. The lowest BCUT2D eigenvalue weighted by atomic mass is 9.95. The predicted molar refractivity (Wildman–Crippen MR) is 219 cm³/mol. The summed E-state index contributed by atoms with van der Waals surface area (Å²) in [6.45, 7) is 0. The summed E-state index contributed by atoms with van der Waals surface area (Å²) in [6.07, 6.45) is 0. The maximum atomic E-state index is 2.48. The van der Waals surface area contributed by atoms with Crippen molar-refractivity contribution in [2.75, 3.05) is 11.9 Å². The highest BCUT2D eigenvalue weighted by Gasteiger charge is 2.19. The van der Waals surface area contributed by atoms with Gasteiger partial charge in [-0.2, -0.15) is 0 Å². The van der Waals surface area contributed by atoms with E-state index in [1.54, 1.807) is 0 Å². The number of hydrogen-bond donors (Lipinski definition) is 0. The number of benzene rings is 9. The highest BCUT2D eigenvalue weighted by Crippen LogP contribution is 2.43. The standard InChI is InChI=1S/C49H34N2/c1-50(39-13-3-2-4-14-39)40-27-23-35(24-28-40)34-19-21-36(22-20-34)38-26-30-47-46(32-38)48-44-17-9-7-15-42(44)43-16-8-10-18-45(43)49(48)51(47)41-29-25-33-11-5-6-12-37(33)31-41/h2-32H,1H3. The van der Waals surface area contributed by atoms with E-state index in [1.165, 1.54) is 87.8 Å². The normalized spacial score (nSPS) is 11.6. The minimum Gasteiger partial charge on any atom is -0.345 e. The van der Waals surface area contributed by atoms with Crippen LogP contribution in [0.2, 0.25) is 0 Å².